The van der Waals surface area contributed by atoms with E-state index in [0.29, 0.717) is 55.6 Å². The van der Waals surface area contributed by atoms with E-state index in [9.17, 15) is 22.0 Å². The number of hydrogen-bond donors (Lipinski definition) is 0. The number of ether oxygens (including phenoxy) is 1. The Morgan fingerprint density at radius 2 is 1.32 bits per heavy atom. The van der Waals surface area contributed by atoms with Crippen LogP contribution in [-0.4, -0.2) is 6.11 Å². The monoisotopic (exact) mass is 480 g/mol. The Bertz CT molecular complexity index is 919. The van der Waals surface area contributed by atoms with E-state index < -0.39 is 35.2 Å². The predicted octanol–water partition coefficient (Wildman–Crippen LogP) is 8.81. The standard InChI is InChI=1S/C28H33F5O/c1-2-3-18-4-6-19(7-5-18)20-8-10-21(11-9-20)22-12-14-23(15-13-22)28(32,33)34-24-16-25(29)27(31)26(30)17-24/h4-7,16-17,20-23H,2-3,8-15H2,1H3. The van der Waals surface area contributed by atoms with Crippen molar-refractivity contribution in [2.75, 3.05) is 0 Å². The fourth-order valence-corrected chi connectivity index (χ4v) is 5.93. The third kappa shape index (κ3) is 5.75. The van der Waals surface area contributed by atoms with Crippen LogP contribution < -0.4 is 4.74 Å². The topological polar surface area (TPSA) is 9.23 Å². The summed E-state index contributed by atoms with van der Waals surface area (Å²) in [4.78, 5) is 0. The van der Waals surface area contributed by atoms with Crippen LogP contribution in [0.2, 0.25) is 0 Å². The Morgan fingerprint density at radius 1 is 0.794 bits per heavy atom. The molecule has 0 saturated heterocycles. The van der Waals surface area contributed by atoms with E-state index in [-0.39, 0.29) is 0 Å². The van der Waals surface area contributed by atoms with E-state index in [0.717, 1.165) is 38.5 Å². The number of rotatable bonds is 7. The van der Waals surface area contributed by atoms with Crippen LogP contribution in [0.1, 0.15) is 81.8 Å². The van der Waals surface area contributed by atoms with Crippen molar-refractivity contribution in [3.8, 4) is 5.75 Å². The Balaban J connectivity index is 1.27. The normalized spacial score (nSPS) is 25.8. The Labute approximate surface area is 198 Å². The molecule has 6 heteroatoms. The largest absolute Gasteiger partial charge is 0.432 e. The van der Waals surface area contributed by atoms with Gasteiger partial charge in [0.05, 0.1) is 5.92 Å². The van der Waals surface area contributed by atoms with Gasteiger partial charge in [-0.15, -0.1) is 0 Å². The molecule has 0 amide bonds. The first kappa shape index (κ1) is 25.0. The summed E-state index contributed by atoms with van der Waals surface area (Å²) >= 11 is 0. The summed E-state index contributed by atoms with van der Waals surface area (Å²) in [6.45, 7) is 2.19. The van der Waals surface area contributed by atoms with Gasteiger partial charge in [-0.05, 0) is 86.7 Å². The van der Waals surface area contributed by atoms with E-state index in [1.807, 2.05) is 0 Å². The second-order valence-electron chi connectivity index (χ2n) is 10.1. The third-order valence-corrected chi connectivity index (χ3v) is 7.89. The molecule has 0 N–H and O–H groups in total. The minimum atomic E-state index is -3.55. The van der Waals surface area contributed by atoms with Gasteiger partial charge < -0.3 is 4.74 Å². The van der Waals surface area contributed by atoms with Gasteiger partial charge in [-0.1, -0.05) is 37.6 Å². The zero-order valence-corrected chi connectivity index (χ0v) is 19.6. The molecule has 2 aromatic carbocycles. The maximum absolute atomic E-state index is 14.7. The van der Waals surface area contributed by atoms with Gasteiger partial charge in [-0.25, -0.2) is 13.2 Å². The molecule has 0 aromatic heterocycles. The maximum atomic E-state index is 14.7. The average molecular weight is 481 g/mol. The van der Waals surface area contributed by atoms with E-state index in [4.69, 9.17) is 0 Å². The van der Waals surface area contributed by atoms with Crippen LogP contribution in [0, 0.1) is 35.2 Å². The van der Waals surface area contributed by atoms with Crippen molar-refractivity contribution in [3.63, 3.8) is 0 Å². The van der Waals surface area contributed by atoms with Gasteiger partial charge in [-0.3, -0.25) is 0 Å². The zero-order valence-electron chi connectivity index (χ0n) is 19.6. The first-order chi connectivity index (χ1) is 16.3. The summed E-state index contributed by atoms with van der Waals surface area (Å²) in [5.41, 5.74) is 2.79. The molecule has 2 aliphatic carbocycles. The maximum Gasteiger partial charge on any atom is 0.400 e. The summed E-state index contributed by atoms with van der Waals surface area (Å²) < 4.78 is 73.8. The summed E-state index contributed by atoms with van der Waals surface area (Å²) in [7, 11) is 0. The molecule has 0 radical (unpaired) electrons. The first-order valence-corrected chi connectivity index (χ1v) is 12.6. The molecule has 2 aromatic rings. The second kappa shape index (κ2) is 10.7. The van der Waals surface area contributed by atoms with Crippen LogP contribution in [0.3, 0.4) is 0 Å². The third-order valence-electron chi connectivity index (χ3n) is 7.89. The number of halogens is 5. The van der Waals surface area contributed by atoms with E-state index in [1.165, 1.54) is 11.1 Å². The fourth-order valence-electron chi connectivity index (χ4n) is 5.93. The van der Waals surface area contributed by atoms with Gasteiger partial charge in [0.25, 0.3) is 0 Å². The molecule has 0 atom stereocenters. The van der Waals surface area contributed by atoms with Gasteiger partial charge in [0.2, 0.25) is 0 Å². The van der Waals surface area contributed by atoms with Gasteiger partial charge in [0.1, 0.15) is 5.75 Å². The van der Waals surface area contributed by atoms with Crippen molar-refractivity contribution in [2.24, 2.45) is 17.8 Å². The van der Waals surface area contributed by atoms with Gasteiger partial charge >= 0.3 is 6.11 Å². The lowest BCUT2D eigenvalue weighted by atomic mass is 9.68. The molecule has 4 rings (SSSR count). The van der Waals surface area contributed by atoms with Crippen molar-refractivity contribution >= 4 is 0 Å². The summed E-state index contributed by atoms with van der Waals surface area (Å²) in [6, 6.07) is 9.94. The van der Waals surface area contributed by atoms with E-state index >= 15 is 0 Å². The zero-order chi connectivity index (χ0) is 24.3. The number of aryl methyl sites for hydroxylation is 1. The smallest absolute Gasteiger partial charge is 0.400 e. The van der Waals surface area contributed by atoms with E-state index in [2.05, 4.69) is 35.9 Å². The van der Waals surface area contributed by atoms with Crippen molar-refractivity contribution in [3.05, 3.63) is 65.0 Å². The fraction of sp³-hybridized carbons (Fsp3) is 0.571. The molecule has 2 aliphatic rings. The lowest BCUT2D eigenvalue weighted by Crippen LogP contribution is -2.38. The molecule has 0 unspecified atom stereocenters. The molecule has 34 heavy (non-hydrogen) atoms. The second-order valence-corrected chi connectivity index (χ2v) is 10.1. The van der Waals surface area contributed by atoms with Crippen molar-refractivity contribution < 1.29 is 26.7 Å². The molecule has 0 bridgehead atoms. The van der Waals surface area contributed by atoms with Crippen LogP contribution in [0.4, 0.5) is 22.0 Å². The minimum Gasteiger partial charge on any atom is -0.432 e. The van der Waals surface area contributed by atoms with Gasteiger partial charge in [0, 0.05) is 12.1 Å². The van der Waals surface area contributed by atoms with Gasteiger partial charge in [0.15, 0.2) is 17.5 Å². The van der Waals surface area contributed by atoms with Crippen LogP contribution >= 0.6 is 0 Å². The highest BCUT2D eigenvalue weighted by Gasteiger charge is 2.45. The molecule has 0 spiro atoms. The Kier molecular flexibility index (Phi) is 7.83. The summed E-state index contributed by atoms with van der Waals surface area (Å²) in [5.74, 6) is -4.91. The first-order valence-electron chi connectivity index (χ1n) is 12.6. The molecule has 2 saturated carbocycles. The van der Waals surface area contributed by atoms with Crippen molar-refractivity contribution in [2.45, 2.75) is 83.2 Å². The van der Waals surface area contributed by atoms with Crippen LogP contribution in [0.5, 0.6) is 5.75 Å². The Morgan fingerprint density at radius 3 is 1.85 bits per heavy atom. The minimum absolute atomic E-state index is 0.308. The lowest BCUT2D eigenvalue weighted by Gasteiger charge is -2.39. The average Bonchev–Trinajstić information content (AvgIpc) is 2.83. The number of hydrogen-bond acceptors (Lipinski definition) is 1. The highest BCUT2D eigenvalue weighted by molar-refractivity contribution is 5.26. The van der Waals surface area contributed by atoms with E-state index in [1.54, 1.807) is 0 Å². The van der Waals surface area contributed by atoms with Crippen LogP contribution in [0.25, 0.3) is 0 Å². The highest BCUT2D eigenvalue weighted by Crippen LogP contribution is 2.47. The summed E-state index contributed by atoms with van der Waals surface area (Å²) in [6.07, 6.45) is 5.25. The highest BCUT2D eigenvalue weighted by atomic mass is 19.3. The summed E-state index contributed by atoms with van der Waals surface area (Å²) in [5, 5.41) is 0. The number of benzene rings is 2. The van der Waals surface area contributed by atoms with Crippen LogP contribution in [-0.2, 0) is 6.42 Å². The van der Waals surface area contributed by atoms with Gasteiger partial charge in [-0.2, -0.15) is 8.78 Å². The van der Waals surface area contributed by atoms with Crippen molar-refractivity contribution in [1.82, 2.24) is 0 Å². The SMILES string of the molecule is CCCc1ccc(C2CCC(C3CCC(C(F)(F)Oc4cc(F)c(F)c(F)c4)CC3)CC2)cc1. The molecule has 1 nitrogen and oxygen atoms in total. The molecular weight excluding hydrogens is 447 g/mol. The quantitative estimate of drug-likeness (QED) is 0.284. The van der Waals surface area contributed by atoms with Crippen molar-refractivity contribution in [1.29, 1.82) is 0 Å². The molecule has 186 valence electrons. The predicted molar refractivity (Wildman–Crippen MR) is 122 cm³/mol. The molecule has 0 heterocycles. The molecule has 2 fully saturated rings. The molecule has 0 aliphatic heterocycles. The lowest BCUT2D eigenvalue weighted by molar-refractivity contribution is -0.224. The number of alkyl halides is 2. The van der Waals surface area contributed by atoms with Crippen LogP contribution in [0.15, 0.2) is 36.4 Å². The Hall–Kier alpha value is -2.11. The molecular formula is C28H33F5O.